The van der Waals surface area contributed by atoms with Crippen molar-refractivity contribution in [3.05, 3.63) is 65.2 Å². The first-order chi connectivity index (χ1) is 12.6. The largest absolute Gasteiger partial charge is 0.378 e. The lowest BCUT2D eigenvalue weighted by atomic mass is 10.0. The molecule has 0 unspecified atom stereocenters. The molecule has 1 amide bonds. The zero-order valence-electron chi connectivity index (χ0n) is 15.2. The minimum absolute atomic E-state index is 0.0528. The molecule has 4 heteroatoms. The van der Waals surface area contributed by atoms with Gasteiger partial charge in [0.05, 0.1) is 30.0 Å². The number of hydrogen-bond donors (Lipinski definition) is 0. The van der Waals surface area contributed by atoms with Gasteiger partial charge in [0.25, 0.3) is 5.91 Å². The molecule has 4 rings (SSSR count). The minimum Gasteiger partial charge on any atom is -0.378 e. The second-order valence-corrected chi connectivity index (χ2v) is 6.78. The fourth-order valence-electron chi connectivity index (χ4n) is 3.34. The Labute approximate surface area is 153 Å². The van der Waals surface area contributed by atoms with E-state index in [-0.39, 0.29) is 5.91 Å². The number of para-hydroxylation sites is 1. The van der Waals surface area contributed by atoms with Gasteiger partial charge in [-0.15, -0.1) is 0 Å². The standard InChI is InChI=1S/C22H22N2O2/c1-15-7-8-17(13-16(15)2)21-14-19(18-5-3-4-6-20(18)23-21)22(25)24-9-11-26-12-10-24/h3-8,13-14H,9-12H2,1-2H3. The molecule has 0 radical (unpaired) electrons. The molecule has 2 heterocycles. The predicted molar refractivity (Wildman–Crippen MR) is 103 cm³/mol. The number of amides is 1. The molecular formula is C22H22N2O2. The van der Waals surface area contributed by atoms with Gasteiger partial charge in [0.15, 0.2) is 0 Å². The molecule has 0 atom stereocenters. The third-order valence-electron chi connectivity index (χ3n) is 5.05. The lowest BCUT2D eigenvalue weighted by Crippen LogP contribution is -2.40. The van der Waals surface area contributed by atoms with Crippen LogP contribution in [0, 0.1) is 13.8 Å². The van der Waals surface area contributed by atoms with E-state index in [9.17, 15) is 4.79 Å². The number of carbonyl (C=O) groups excluding carboxylic acids is 1. The number of aromatic nitrogens is 1. The molecular weight excluding hydrogens is 324 g/mol. The number of morpholine rings is 1. The van der Waals surface area contributed by atoms with Gasteiger partial charge in [0.1, 0.15) is 0 Å². The highest BCUT2D eigenvalue weighted by atomic mass is 16.5. The average molecular weight is 346 g/mol. The summed E-state index contributed by atoms with van der Waals surface area (Å²) < 4.78 is 5.38. The first kappa shape index (κ1) is 16.7. The number of benzene rings is 2. The van der Waals surface area contributed by atoms with Gasteiger partial charge < -0.3 is 9.64 Å². The van der Waals surface area contributed by atoms with Crippen molar-refractivity contribution in [2.45, 2.75) is 13.8 Å². The third kappa shape index (κ3) is 3.08. The van der Waals surface area contributed by atoms with Crippen molar-refractivity contribution >= 4 is 16.8 Å². The van der Waals surface area contributed by atoms with Gasteiger partial charge in [-0.3, -0.25) is 4.79 Å². The van der Waals surface area contributed by atoms with E-state index < -0.39 is 0 Å². The maximum atomic E-state index is 13.2. The van der Waals surface area contributed by atoms with E-state index in [2.05, 4.69) is 32.0 Å². The van der Waals surface area contributed by atoms with E-state index in [4.69, 9.17) is 9.72 Å². The van der Waals surface area contributed by atoms with Crippen molar-refractivity contribution in [3.63, 3.8) is 0 Å². The topological polar surface area (TPSA) is 42.4 Å². The van der Waals surface area contributed by atoms with Gasteiger partial charge in [-0.1, -0.05) is 30.3 Å². The van der Waals surface area contributed by atoms with Crippen molar-refractivity contribution in [1.29, 1.82) is 0 Å². The van der Waals surface area contributed by atoms with E-state index in [0.717, 1.165) is 22.2 Å². The molecule has 2 aromatic carbocycles. The van der Waals surface area contributed by atoms with Gasteiger partial charge in [-0.25, -0.2) is 4.98 Å². The predicted octanol–water partition coefficient (Wildman–Crippen LogP) is 3.99. The second-order valence-electron chi connectivity index (χ2n) is 6.78. The smallest absolute Gasteiger partial charge is 0.254 e. The highest BCUT2D eigenvalue weighted by molar-refractivity contribution is 6.07. The van der Waals surface area contributed by atoms with Crippen molar-refractivity contribution in [3.8, 4) is 11.3 Å². The number of aryl methyl sites for hydroxylation is 2. The summed E-state index contributed by atoms with van der Waals surface area (Å²) in [6.07, 6.45) is 0. The van der Waals surface area contributed by atoms with E-state index in [1.807, 2.05) is 35.2 Å². The Balaban J connectivity index is 1.85. The first-order valence-electron chi connectivity index (χ1n) is 8.98. The first-order valence-corrected chi connectivity index (χ1v) is 8.98. The fraction of sp³-hybridized carbons (Fsp3) is 0.273. The maximum Gasteiger partial charge on any atom is 0.254 e. The molecule has 26 heavy (non-hydrogen) atoms. The number of carbonyl (C=O) groups is 1. The van der Waals surface area contributed by atoms with Crippen LogP contribution in [-0.2, 0) is 4.74 Å². The van der Waals surface area contributed by atoms with Crippen LogP contribution in [0.25, 0.3) is 22.2 Å². The van der Waals surface area contributed by atoms with Crippen LogP contribution in [0.4, 0.5) is 0 Å². The van der Waals surface area contributed by atoms with E-state index in [0.29, 0.717) is 31.9 Å². The summed E-state index contributed by atoms with van der Waals surface area (Å²) in [6.45, 7) is 6.65. The lowest BCUT2D eigenvalue weighted by molar-refractivity contribution is 0.0304. The molecule has 1 saturated heterocycles. The van der Waals surface area contributed by atoms with Crippen molar-refractivity contribution in [1.82, 2.24) is 9.88 Å². The fourth-order valence-corrected chi connectivity index (χ4v) is 3.34. The van der Waals surface area contributed by atoms with Crippen molar-refractivity contribution < 1.29 is 9.53 Å². The van der Waals surface area contributed by atoms with Crippen LogP contribution < -0.4 is 0 Å². The molecule has 0 saturated carbocycles. The summed E-state index contributed by atoms with van der Waals surface area (Å²) in [5.74, 6) is 0.0528. The molecule has 0 aliphatic carbocycles. The van der Waals surface area contributed by atoms with Crippen LogP contribution in [0.1, 0.15) is 21.5 Å². The number of ether oxygens (including phenoxy) is 1. The van der Waals surface area contributed by atoms with Crippen LogP contribution in [-0.4, -0.2) is 42.1 Å². The molecule has 0 bridgehead atoms. The third-order valence-corrected chi connectivity index (χ3v) is 5.05. The van der Waals surface area contributed by atoms with Gasteiger partial charge in [-0.05, 0) is 43.2 Å². The van der Waals surface area contributed by atoms with Gasteiger partial charge in [0.2, 0.25) is 0 Å². The Morgan fingerprint density at radius 3 is 2.54 bits per heavy atom. The van der Waals surface area contributed by atoms with E-state index in [1.54, 1.807) is 0 Å². The SMILES string of the molecule is Cc1ccc(-c2cc(C(=O)N3CCOCC3)c3ccccc3n2)cc1C. The minimum atomic E-state index is 0.0528. The van der Waals surface area contributed by atoms with Crippen LogP contribution in [0.2, 0.25) is 0 Å². The summed E-state index contributed by atoms with van der Waals surface area (Å²) in [5, 5.41) is 0.900. The maximum absolute atomic E-state index is 13.2. The normalized spacial score (nSPS) is 14.6. The number of pyridine rings is 1. The molecule has 1 aliphatic rings. The second kappa shape index (κ2) is 6.89. The Morgan fingerprint density at radius 1 is 1.00 bits per heavy atom. The molecule has 4 nitrogen and oxygen atoms in total. The van der Waals surface area contributed by atoms with Gasteiger partial charge >= 0.3 is 0 Å². The zero-order valence-corrected chi connectivity index (χ0v) is 15.2. The Hall–Kier alpha value is -2.72. The number of hydrogen-bond acceptors (Lipinski definition) is 3. The number of rotatable bonds is 2. The van der Waals surface area contributed by atoms with Crippen LogP contribution >= 0.6 is 0 Å². The number of nitrogens with zero attached hydrogens (tertiary/aromatic N) is 2. The lowest BCUT2D eigenvalue weighted by Gasteiger charge is -2.27. The highest BCUT2D eigenvalue weighted by Gasteiger charge is 2.21. The van der Waals surface area contributed by atoms with Crippen LogP contribution in [0.3, 0.4) is 0 Å². The molecule has 1 fully saturated rings. The Morgan fingerprint density at radius 2 is 1.77 bits per heavy atom. The monoisotopic (exact) mass is 346 g/mol. The molecule has 0 N–H and O–H groups in total. The highest BCUT2D eigenvalue weighted by Crippen LogP contribution is 2.27. The Bertz CT molecular complexity index is 975. The van der Waals surface area contributed by atoms with Crippen molar-refractivity contribution in [2.24, 2.45) is 0 Å². The summed E-state index contributed by atoms with van der Waals surface area (Å²) in [4.78, 5) is 19.8. The van der Waals surface area contributed by atoms with Crippen molar-refractivity contribution in [2.75, 3.05) is 26.3 Å². The quantitative estimate of drug-likeness (QED) is 0.704. The molecule has 1 aromatic heterocycles. The summed E-state index contributed by atoms with van der Waals surface area (Å²) in [7, 11) is 0. The average Bonchev–Trinajstić information content (AvgIpc) is 2.69. The number of fused-ring (bicyclic) bond motifs is 1. The van der Waals surface area contributed by atoms with Gasteiger partial charge in [-0.2, -0.15) is 0 Å². The summed E-state index contributed by atoms with van der Waals surface area (Å²) >= 11 is 0. The van der Waals surface area contributed by atoms with E-state index >= 15 is 0 Å². The zero-order chi connectivity index (χ0) is 18.1. The molecule has 132 valence electrons. The van der Waals surface area contributed by atoms with Gasteiger partial charge in [0, 0.05) is 24.0 Å². The van der Waals surface area contributed by atoms with Crippen LogP contribution in [0.5, 0.6) is 0 Å². The summed E-state index contributed by atoms with van der Waals surface area (Å²) in [6, 6.07) is 16.1. The molecule has 0 spiro atoms. The summed E-state index contributed by atoms with van der Waals surface area (Å²) in [5.41, 5.74) is 5.90. The van der Waals surface area contributed by atoms with E-state index in [1.165, 1.54) is 11.1 Å². The Kier molecular flexibility index (Phi) is 4.43. The van der Waals surface area contributed by atoms with Crippen LogP contribution in [0.15, 0.2) is 48.5 Å². The molecule has 1 aliphatic heterocycles. The molecule has 3 aromatic rings.